The van der Waals surface area contributed by atoms with Crippen molar-refractivity contribution < 1.29 is 14.3 Å². The molecule has 1 amide bonds. The van der Waals surface area contributed by atoms with Crippen molar-refractivity contribution in [3.05, 3.63) is 80.8 Å². The number of benzene rings is 2. The molecule has 0 bridgehead atoms. The van der Waals surface area contributed by atoms with Gasteiger partial charge in [0.25, 0.3) is 11.5 Å². The summed E-state index contributed by atoms with van der Waals surface area (Å²) < 4.78 is 11.5. The van der Waals surface area contributed by atoms with Gasteiger partial charge in [-0.3, -0.25) is 9.59 Å². The molecule has 0 aliphatic rings. The molecular weight excluding hydrogens is 410 g/mol. The van der Waals surface area contributed by atoms with Crippen LogP contribution in [0.4, 0.5) is 0 Å². The highest BCUT2D eigenvalue weighted by Gasteiger charge is 2.20. The van der Waals surface area contributed by atoms with Gasteiger partial charge in [0.1, 0.15) is 11.6 Å². The predicted octanol–water partition coefficient (Wildman–Crippen LogP) is 2.50. The van der Waals surface area contributed by atoms with Crippen molar-refractivity contribution in [1.29, 1.82) is 5.26 Å². The van der Waals surface area contributed by atoms with E-state index in [1.165, 1.54) is 27.4 Å². The molecule has 32 heavy (non-hydrogen) atoms. The van der Waals surface area contributed by atoms with Gasteiger partial charge in [-0.15, -0.1) is 0 Å². The summed E-state index contributed by atoms with van der Waals surface area (Å²) in [7, 11) is 3.05. The van der Waals surface area contributed by atoms with Crippen LogP contribution in [0.3, 0.4) is 0 Å². The molecule has 162 valence electrons. The van der Waals surface area contributed by atoms with Gasteiger partial charge in [-0.25, -0.2) is 5.43 Å². The molecule has 0 spiro atoms. The largest absolute Gasteiger partial charge is 0.493 e. The highest BCUT2D eigenvalue weighted by atomic mass is 16.5. The van der Waals surface area contributed by atoms with Crippen molar-refractivity contribution in [2.75, 3.05) is 14.2 Å². The molecule has 3 aromatic rings. The summed E-state index contributed by atoms with van der Waals surface area (Å²) in [6, 6.07) is 14.1. The van der Waals surface area contributed by atoms with Crippen molar-refractivity contribution in [3.8, 4) is 23.3 Å². The van der Waals surface area contributed by atoms with Gasteiger partial charge < -0.3 is 9.47 Å². The molecule has 3 rings (SSSR count). The van der Waals surface area contributed by atoms with Crippen LogP contribution in [0.1, 0.15) is 32.7 Å². The van der Waals surface area contributed by atoms with Crippen LogP contribution >= 0.6 is 0 Å². The van der Waals surface area contributed by atoms with Gasteiger partial charge in [-0.2, -0.15) is 20.1 Å². The van der Waals surface area contributed by atoms with Gasteiger partial charge in [-0.05, 0) is 55.3 Å². The van der Waals surface area contributed by atoms with Crippen molar-refractivity contribution in [2.45, 2.75) is 13.8 Å². The zero-order valence-corrected chi connectivity index (χ0v) is 18.0. The molecule has 1 heterocycles. The standard InChI is InChI=1S/C23H21N5O4/c1-14-6-5-7-17(10-14)28-23(30)18(12-24)15(2)21(27-28)22(29)26-25-13-16-8-9-19(31-3)20(11-16)32-4/h5-11,13H,1-4H3,(H,26,29)/b25-13+. The van der Waals surface area contributed by atoms with Crippen LogP contribution in [0.15, 0.2) is 52.4 Å². The topological polar surface area (TPSA) is 119 Å². The number of aromatic nitrogens is 2. The van der Waals surface area contributed by atoms with Crippen molar-refractivity contribution >= 4 is 12.1 Å². The first-order valence-electron chi connectivity index (χ1n) is 9.56. The SMILES string of the molecule is COc1ccc(/C=N/NC(=O)c2nn(-c3cccc(C)c3)c(=O)c(C#N)c2C)cc1OC. The molecule has 0 atom stereocenters. The average Bonchev–Trinajstić information content (AvgIpc) is 2.79. The highest BCUT2D eigenvalue weighted by molar-refractivity contribution is 5.94. The quantitative estimate of drug-likeness (QED) is 0.473. The Kier molecular flexibility index (Phi) is 6.65. The van der Waals surface area contributed by atoms with E-state index in [1.807, 2.05) is 19.1 Å². The maximum absolute atomic E-state index is 12.8. The third kappa shape index (κ3) is 4.49. The molecule has 0 fully saturated rings. The first kappa shape index (κ1) is 22.2. The molecule has 9 nitrogen and oxygen atoms in total. The number of hydrogen-bond acceptors (Lipinski definition) is 7. The summed E-state index contributed by atoms with van der Waals surface area (Å²) in [5, 5.41) is 17.6. The normalized spacial score (nSPS) is 10.6. The number of carbonyl (C=O) groups is 1. The third-order valence-electron chi connectivity index (χ3n) is 4.70. The summed E-state index contributed by atoms with van der Waals surface area (Å²) in [5.74, 6) is 0.428. The second-order valence-electron chi connectivity index (χ2n) is 6.83. The fourth-order valence-electron chi connectivity index (χ4n) is 3.04. The van der Waals surface area contributed by atoms with Gasteiger partial charge in [0.05, 0.1) is 26.1 Å². The Morgan fingerprint density at radius 3 is 2.56 bits per heavy atom. The van der Waals surface area contributed by atoms with E-state index < -0.39 is 11.5 Å². The van der Waals surface area contributed by atoms with Crippen LogP contribution < -0.4 is 20.5 Å². The molecule has 1 aromatic heterocycles. The zero-order chi connectivity index (χ0) is 23.3. The van der Waals surface area contributed by atoms with Crippen LogP contribution in [-0.2, 0) is 0 Å². The first-order chi connectivity index (χ1) is 15.4. The molecule has 1 N–H and O–H groups in total. The monoisotopic (exact) mass is 431 g/mol. The molecule has 0 aliphatic carbocycles. The summed E-state index contributed by atoms with van der Waals surface area (Å²) in [4.78, 5) is 25.5. The Hall–Kier alpha value is -4.45. The second kappa shape index (κ2) is 9.57. The predicted molar refractivity (Wildman–Crippen MR) is 119 cm³/mol. The van der Waals surface area contributed by atoms with Crippen LogP contribution in [0, 0.1) is 25.2 Å². The fourth-order valence-corrected chi connectivity index (χ4v) is 3.04. The van der Waals surface area contributed by atoms with Crippen LogP contribution in [0.25, 0.3) is 5.69 Å². The molecule has 0 saturated carbocycles. The minimum atomic E-state index is -0.655. The van der Waals surface area contributed by atoms with Gasteiger partial charge in [0.15, 0.2) is 17.2 Å². The summed E-state index contributed by atoms with van der Waals surface area (Å²) in [6.45, 7) is 3.37. The van der Waals surface area contributed by atoms with Crippen LogP contribution in [-0.4, -0.2) is 36.1 Å². The Bertz CT molecular complexity index is 1300. The number of aryl methyl sites for hydroxylation is 1. The number of methoxy groups -OCH3 is 2. The van der Waals surface area contributed by atoms with Crippen LogP contribution in [0.2, 0.25) is 0 Å². The Morgan fingerprint density at radius 1 is 1.16 bits per heavy atom. The van der Waals surface area contributed by atoms with Crippen molar-refractivity contribution in [1.82, 2.24) is 15.2 Å². The highest BCUT2D eigenvalue weighted by Crippen LogP contribution is 2.26. The number of nitrogens with zero attached hydrogens (tertiary/aromatic N) is 4. The molecule has 0 aliphatic heterocycles. The Labute approximate surface area is 184 Å². The lowest BCUT2D eigenvalue weighted by Gasteiger charge is -2.11. The number of amides is 1. The van der Waals surface area contributed by atoms with Crippen molar-refractivity contribution in [3.63, 3.8) is 0 Å². The number of ether oxygens (including phenoxy) is 2. The lowest BCUT2D eigenvalue weighted by molar-refractivity contribution is 0.0947. The third-order valence-corrected chi connectivity index (χ3v) is 4.70. The molecular formula is C23H21N5O4. The summed E-state index contributed by atoms with van der Waals surface area (Å²) >= 11 is 0. The number of carbonyl (C=O) groups excluding carboxylic acids is 1. The Balaban J connectivity index is 1.93. The maximum Gasteiger partial charge on any atom is 0.292 e. The van der Waals surface area contributed by atoms with Crippen LogP contribution in [0.5, 0.6) is 11.5 Å². The minimum Gasteiger partial charge on any atom is -0.493 e. The first-order valence-corrected chi connectivity index (χ1v) is 9.56. The van der Waals surface area contributed by atoms with Gasteiger partial charge in [-0.1, -0.05) is 12.1 Å². The smallest absolute Gasteiger partial charge is 0.292 e. The van der Waals surface area contributed by atoms with E-state index in [0.29, 0.717) is 22.7 Å². The molecule has 0 radical (unpaired) electrons. The minimum absolute atomic E-state index is 0.0767. The summed E-state index contributed by atoms with van der Waals surface area (Å²) in [6.07, 6.45) is 1.43. The average molecular weight is 431 g/mol. The van der Waals surface area contributed by atoms with Crippen molar-refractivity contribution in [2.24, 2.45) is 5.10 Å². The van der Waals surface area contributed by atoms with E-state index >= 15 is 0 Å². The fraction of sp³-hybridized carbons (Fsp3) is 0.174. The molecule has 0 saturated heterocycles. The number of hydrazone groups is 1. The van der Waals surface area contributed by atoms with E-state index in [4.69, 9.17) is 9.47 Å². The van der Waals surface area contributed by atoms with Gasteiger partial charge in [0, 0.05) is 5.56 Å². The lowest BCUT2D eigenvalue weighted by Crippen LogP contribution is -2.31. The molecule has 9 heteroatoms. The van der Waals surface area contributed by atoms with E-state index in [-0.39, 0.29) is 16.8 Å². The van der Waals surface area contributed by atoms with E-state index in [9.17, 15) is 14.9 Å². The maximum atomic E-state index is 12.8. The van der Waals surface area contributed by atoms with E-state index in [0.717, 1.165) is 10.2 Å². The second-order valence-corrected chi connectivity index (χ2v) is 6.83. The zero-order valence-electron chi connectivity index (χ0n) is 18.0. The van der Waals surface area contributed by atoms with Gasteiger partial charge >= 0.3 is 0 Å². The van der Waals surface area contributed by atoms with Gasteiger partial charge in [0.2, 0.25) is 0 Å². The number of nitriles is 1. The molecule has 2 aromatic carbocycles. The number of nitrogens with one attached hydrogen (secondary N) is 1. The summed E-state index contributed by atoms with van der Waals surface area (Å²) in [5.41, 5.74) is 3.76. The Morgan fingerprint density at radius 2 is 1.91 bits per heavy atom. The lowest BCUT2D eigenvalue weighted by atomic mass is 10.1. The number of rotatable bonds is 6. The number of hydrogen-bond donors (Lipinski definition) is 1. The molecule has 0 unspecified atom stereocenters. The van der Waals surface area contributed by atoms with E-state index in [1.54, 1.807) is 36.4 Å². The van der Waals surface area contributed by atoms with E-state index in [2.05, 4.69) is 15.6 Å².